The normalized spacial score (nSPS) is 16.0. The first-order valence-corrected chi connectivity index (χ1v) is 30.5. The van der Waals surface area contributed by atoms with E-state index in [0.717, 1.165) is 68.2 Å². The maximum atomic E-state index is 9.52. The van der Waals surface area contributed by atoms with Crippen LogP contribution >= 0.6 is 0 Å². The number of fused-ring (bicyclic) bond motifs is 4. The van der Waals surface area contributed by atoms with Crippen LogP contribution in [0.2, 0.25) is 0 Å². The topological polar surface area (TPSA) is 139 Å². The number of nitriles is 4. The van der Waals surface area contributed by atoms with Crippen LogP contribution in [0.3, 0.4) is 0 Å². The summed E-state index contributed by atoms with van der Waals surface area (Å²) < 4.78 is 0. The largest absolute Gasteiger partial charge is 0.352 e. The molecule has 16 nitrogen and oxygen atoms in total. The molecule has 0 aromatic heterocycles. The molecule has 93 heavy (non-hydrogen) atoms. The first-order chi connectivity index (χ1) is 44.3. The first kappa shape index (κ1) is 65.5. The maximum absolute atomic E-state index is 9.52. The molecule has 0 fully saturated rings. The maximum Gasteiger partial charge on any atom is 0.190 e. The molecule has 0 saturated carbocycles. The number of benzene rings is 8. The molecule has 0 spiro atoms. The summed E-state index contributed by atoms with van der Waals surface area (Å²) in [7, 11) is 7.98. The minimum Gasteiger partial charge on any atom is -0.352 e. The van der Waals surface area contributed by atoms with E-state index in [2.05, 4.69) is 240 Å². The van der Waals surface area contributed by atoms with Crippen molar-refractivity contribution in [1.29, 1.82) is 21.0 Å². The molecule has 462 valence electrons. The Hall–Kier alpha value is -11.9. The van der Waals surface area contributed by atoms with E-state index in [1.54, 1.807) is 24.3 Å². The Balaban J connectivity index is 0.000000146. The van der Waals surface area contributed by atoms with E-state index in [9.17, 15) is 21.0 Å². The van der Waals surface area contributed by atoms with E-state index in [1.807, 2.05) is 52.5 Å². The van der Waals surface area contributed by atoms with Gasteiger partial charge in [0, 0.05) is 50.9 Å². The molecule has 0 unspecified atom stereocenters. The molecule has 8 aromatic carbocycles. The molecule has 0 bridgehead atoms. The summed E-state index contributed by atoms with van der Waals surface area (Å²) >= 11 is 0. The number of para-hydroxylation sites is 1. The predicted molar refractivity (Wildman–Crippen MR) is 378 cm³/mol. The molecule has 8 aromatic rings. The van der Waals surface area contributed by atoms with Gasteiger partial charge < -0.3 is 39.2 Å². The number of hydrogen-bond acceptors (Lipinski definition) is 12. The van der Waals surface area contributed by atoms with Crippen LogP contribution in [0.1, 0.15) is 100 Å². The van der Waals surface area contributed by atoms with Crippen LogP contribution in [0, 0.1) is 134 Å². The van der Waals surface area contributed by atoms with Crippen LogP contribution in [0.5, 0.6) is 0 Å². The number of aryl methyl sites for hydroxylation is 9. The van der Waals surface area contributed by atoms with Crippen LogP contribution in [-0.2, 0) is 0 Å². The van der Waals surface area contributed by atoms with Crippen molar-refractivity contribution in [2.24, 2.45) is 0 Å². The quantitative estimate of drug-likeness (QED) is 0.155. The summed E-state index contributed by atoms with van der Waals surface area (Å²) in [5, 5.41) is 38.0. The third-order valence-electron chi connectivity index (χ3n) is 18.5. The molecule has 12 rings (SSSR count). The monoisotopic (exact) mass is 1220 g/mol. The molecule has 0 saturated heterocycles. The highest BCUT2D eigenvalue weighted by Gasteiger charge is 2.39. The lowest BCUT2D eigenvalue weighted by atomic mass is 10.0. The smallest absolute Gasteiger partial charge is 0.190 e. The highest BCUT2D eigenvalue weighted by atomic mass is 15.4. The van der Waals surface area contributed by atoms with Crippen LogP contribution in [0.25, 0.3) is 19.4 Å². The number of anilines is 12. The first-order valence-electron chi connectivity index (χ1n) is 30.5. The molecular formula is C77H74N16. The van der Waals surface area contributed by atoms with Crippen LogP contribution in [0.4, 0.5) is 91.0 Å². The van der Waals surface area contributed by atoms with Gasteiger partial charge in [-0.2, -0.15) is 21.0 Å². The zero-order valence-electron chi connectivity index (χ0n) is 55.9. The second kappa shape index (κ2) is 26.3. The van der Waals surface area contributed by atoms with Crippen molar-refractivity contribution in [3.63, 3.8) is 0 Å². The zero-order valence-corrected chi connectivity index (χ0v) is 55.9. The molecule has 4 aliphatic rings. The molecule has 0 radical (unpaired) electrons. The van der Waals surface area contributed by atoms with Crippen molar-refractivity contribution in [2.75, 3.05) is 67.4 Å². The van der Waals surface area contributed by atoms with Crippen molar-refractivity contribution in [2.45, 2.75) is 115 Å². The van der Waals surface area contributed by atoms with Crippen LogP contribution in [-0.4, -0.2) is 52.9 Å². The van der Waals surface area contributed by atoms with E-state index < -0.39 is 0 Å². The van der Waals surface area contributed by atoms with Gasteiger partial charge in [-0.3, -0.25) is 0 Å². The van der Waals surface area contributed by atoms with Gasteiger partial charge in [0.15, 0.2) is 22.7 Å². The predicted octanol–water partition coefficient (Wildman–Crippen LogP) is 18.9. The highest BCUT2D eigenvalue weighted by Crippen LogP contribution is 2.53. The Labute approximate surface area is 548 Å². The Kier molecular flexibility index (Phi) is 18.5. The summed E-state index contributed by atoms with van der Waals surface area (Å²) in [6, 6.07) is 46.5. The van der Waals surface area contributed by atoms with Gasteiger partial charge in [0.2, 0.25) is 0 Å². The number of rotatable bonds is 4. The van der Waals surface area contributed by atoms with Crippen molar-refractivity contribution in [3.8, 4) is 24.3 Å². The van der Waals surface area contributed by atoms with E-state index >= 15 is 0 Å². The van der Waals surface area contributed by atoms with E-state index in [-0.39, 0.29) is 24.7 Å². The highest BCUT2D eigenvalue weighted by molar-refractivity contribution is 5.95. The lowest BCUT2D eigenvalue weighted by Crippen LogP contribution is -2.36. The molecule has 4 heterocycles. The molecular weight excluding hydrogens is 1150 g/mol. The SMILES string of the molecule is [C-]#[N+]c1cc(C#N)c2c(c1)N(c1c(C)cccc1C)[C@@H](C)N2C.[C-]#[N+]c1cc(C#N)c2c(c1)N(c1cc(C)c(C)cc1C)[C@@H](C)N2C.[C-]#[N+]c1cc(C#N)c2c(c1)N(c1cc(C)ccc1C)[C@@H](C)N2C.[C-]#[N+]c1cc(C#N)c2c(c1)N(c1ccc(C)cc1C)[C@@H](C)N2C. The van der Waals surface area contributed by atoms with E-state index in [0.29, 0.717) is 45.0 Å². The summed E-state index contributed by atoms with van der Waals surface area (Å²) in [5.74, 6) is 0. The van der Waals surface area contributed by atoms with Gasteiger partial charge in [0.25, 0.3) is 0 Å². The number of nitrogens with zero attached hydrogens (tertiary/aromatic N) is 16. The lowest BCUT2D eigenvalue weighted by Gasteiger charge is -2.30. The van der Waals surface area contributed by atoms with Crippen molar-refractivity contribution < 1.29 is 0 Å². The van der Waals surface area contributed by atoms with Gasteiger partial charge in [0.1, 0.15) is 48.9 Å². The van der Waals surface area contributed by atoms with Gasteiger partial charge in [-0.15, -0.1) is 0 Å². The van der Waals surface area contributed by atoms with E-state index in [4.69, 9.17) is 26.3 Å². The molecule has 0 N–H and O–H groups in total. The minimum atomic E-state index is 0.0777. The summed E-state index contributed by atoms with van der Waals surface area (Å²) in [6.07, 6.45) is 0.324. The summed E-state index contributed by atoms with van der Waals surface area (Å²) in [4.78, 5) is 31.4. The van der Waals surface area contributed by atoms with Gasteiger partial charge >= 0.3 is 0 Å². The van der Waals surface area contributed by atoms with Crippen molar-refractivity contribution in [3.05, 3.63) is 233 Å². The fourth-order valence-corrected chi connectivity index (χ4v) is 13.2. The average molecular weight is 1220 g/mol. The molecule has 16 heteroatoms. The van der Waals surface area contributed by atoms with Gasteiger partial charge in [-0.25, -0.2) is 19.4 Å². The van der Waals surface area contributed by atoms with Crippen LogP contribution < -0.4 is 39.2 Å². The molecule has 0 aliphatic carbocycles. The standard InChI is InChI=1S/C20H20N4.3C19H18N4/c1-12-7-14(3)18(8-13(12)2)24-15(4)23(6)20-16(11-21)9-17(22-5)10-19(20)24;1-12-6-7-17(13(2)8-12)23-14(3)22(5)19-15(11-20)9-16(21-4)10-18(19)23;1-12-6-7-13(2)17(8-12)23-14(3)22(5)19-15(11-20)9-16(21-4)10-18(19)23;1-12-7-6-8-13(2)18(12)23-14(3)22(5)19-15(11-20)9-16(21-4)10-17(19)23/h7-10,15H,1-4,6H3;3*6-10,14H,1-3,5H3/t15-;3*14-/m0000/s1. The minimum absolute atomic E-state index is 0.0777. The van der Waals surface area contributed by atoms with Crippen molar-refractivity contribution in [1.82, 2.24) is 0 Å². The third kappa shape index (κ3) is 11.7. The fraction of sp³-hybridized carbons (Fsp3) is 0.273. The van der Waals surface area contributed by atoms with Gasteiger partial charge in [0.05, 0.1) is 94.0 Å². The lowest BCUT2D eigenvalue weighted by molar-refractivity contribution is 0.731. The van der Waals surface area contributed by atoms with Gasteiger partial charge in [-0.1, -0.05) is 54.1 Å². The Morgan fingerprint density at radius 3 is 0.978 bits per heavy atom. The second-order valence-corrected chi connectivity index (χ2v) is 24.3. The zero-order chi connectivity index (χ0) is 67.8. The average Bonchev–Trinajstić information content (AvgIpc) is 1.63. The second-order valence-electron chi connectivity index (χ2n) is 24.3. The van der Waals surface area contributed by atoms with Gasteiger partial charge in [-0.05, 0) is 201 Å². The summed E-state index contributed by atoms with van der Waals surface area (Å²) in [6.45, 7) is 56.6. The summed E-state index contributed by atoms with van der Waals surface area (Å²) in [5.41, 5.74) is 26.9. The molecule has 0 amide bonds. The molecule has 4 aliphatic heterocycles. The van der Waals surface area contributed by atoms with E-state index in [1.165, 1.54) is 50.1 Å². The Morgan fingerprint density at radius 2 is 0.613 bits per heavy atom. The molecule has 4 atom stereocenters. The Bertz CT molecular complexity index is 4690. The Morgan fingerprint density at radius 1 is 0.301 bits per heavy atom. The number of hydrogen-bond donors (Lipinski definition) is 0. The third-order valence-corrected chi connectivity index (χ3v) is 18.5. The van der Waals surface area contributed by atoms with Crippen molar-refractivity contribution >= 4 is 91.0 Å². The fourth-order valence-electron chi connectivity index (χ4n) is 13.2. The van der Waals surface area contributed by atoms with Crippen LogP contribution in [0.15, 0.2) is 115 Å².